The number of benzene rings is 2. The van der Waals surface area contributed by atoms with Crippen LogP contribution >= 0.6 is 23.2 Å². The summed E-state index contributed by atoms with van der Waals surface area (Å²) in [4.78, 5) is 4.42. The van der Waals surface area contributed by atoms with Crippen LogP contribution in [0.4, 0.5) is 0 Å². The van der Waals surface area contributed by atoms with Crippen LogP contribution < -0.4 is 0 Å². The molecule has 4 aromatic rings. The van der Waals surface area contributed by atoms with Crippen LogP contribution in [0.2, 0.25) is 10.0 Å². The van der Waals surface area contributed by atoms with E-state index < -0.39 is 0 Å². The molecule has 108 valence electrons. The zero-order valence-electron chi connectivity index (χ0n) is 11.3. The maximum atomic E-state index is 6.32. The molecule has 0 bridgehead atoms. The van der Waals surface area contributed by atoms with Crippen molar-refractivity contribution >= 4 is 34.1 Å². The fourth-order valence-electron chi connectivity index (χ4n) is 2.48. The minimum absolute atomic E-state index is 0.483. The van der Waals surface area contributed by atoms with Gasteiger partial charge in [-0.2, -0.15) is 5.10 Å². The van der Waals surface area contributed by atoms with Crippen molar-refractivity contribution in [2.75, 3.05) is 0 Å². The van der Waals surface area contributed by atoms with Crippen molar-refractivity contribution in [3.63, 3.8) is 0 Å². The number of rotatable bonds is 2. The third-order valence-corrected chi connectivity index (χ3v) is 4.33. The maximum absolute atomic E-state index is 6.32. The predicted octanol–water partition coefficient (Wildman–Crippen LogP) is 4.72. The van der Waals surface area contributed by atoms with E-state index in [0.29, 0.717) is 15.9 Å². The van der Waals surface area contributed by atoms with Crippen molar-refractivity contribution in [2.45, 2.75) is 0 Å². The highest BCUT2D eigenvalue weighted by atomic mass is 35.5. The van der Waals surface area contributed by atoms with Crippen LogP contribution in [0.5, 0.6) is 0 Å². The molecule has 0 fully saturated rings. The Morgan fingerprint density at radius 3 is 2.77 bits per heavy atom. The largest absolute Gasteiger partial charge is 0.282 e. The number of aromatic nitrogens is 4. The molecule has 6 heteroatoms. The second-order valence-corrected chi connectivity index (χ2v) is 5.60. The Bertz CT molecular complexity index is 971. The number of H-pyrrole nitrogens is 1. The van der Waals surface area contributed by atoms with Gasteiger partial charge in [-0.05, 0) is 24.3 Å². The van der Waals surface area contributed by atoms with E-state index in [0.717, 1.165) is 22.3 Å². The number of aromatic amines is 1. The summed E-state index contributed by atoms with van der Waals surface area (Å²) in [5.74, 6) is 1.48. The second-order valence-electron chi connectivity index (χ2n) is 4.82. The predicted molar refractivity (Wildman–Crippen MR) is 88.7 cm³/mol. The van der Waals surface area contributed by atoms with Gasteiger partial charge in [-0.3, -0.25) is 9.67 Å². The van der Waals surface area contributed by atoms with Gasteiger partial charge in [0, 0.05) is 23.3 Å². The molecule has 4 rings (SSSR count). The molecule has 2 aromatic carbocycles. The smallest absolute Gasteiger partial charge is 0.168 e. The van der Waals surface area contributed by atoms with Crippen LogP contribution in [0.15, 0.2) is 54.9 Å². The van der Waals surface area contributed by atoms with E-state index in [1.54, 1.807) is 12.3 Å². The SMILES string of the molecule is Clc1cccc(-c2nccn2-c2n[nH]c3ccccc23)c1Cl. The molecule has 0 spiro atoms. The van der Waals surface area contributed by atoms with Crippen molar-refractivity contribution in [1.29, 1.82) is 0 Å². The normalized spacial score (nSPS) is 11.2. The molecule has 2 aromatic heterocycles. The van der Waals surface area contributed by atoms with E-state index in [9.17, 15) is 0 Å². The standard InChI is InChI=1S/C16H10Cl2N4/c17-12-6-3-5-11(14(12)18)15-19-8-9-22(15)16-10-4-1-2-7-13(10)20-21-16/h1-9H,(H,20,21). The van der Waals surface area contributed by atoms with Gasteiger partial charge in [-0.15, -0.1) is 0 Å². The molecule has 0 aliphatic heterocycles. The number of nitrogens with one attached hydrogen (secondary N) is 1. The topological polar surface area (TPSA) is 46.5 Å². The van der Waals surface area contributed by atoms with Crippen molar-refractivity contribution in [2.24, 2.45) is 0 Å². The fourth-order valence-corrected chi connectivity index (χ4v) is 2.87. The highest BCUT2D eigenvalue weighted by Gasteiger charge is 2.16. The van der Waals surface area contributed by atoms with Crippen molar-refractivity contribution in [3.05, 3.63) is 64.9 Å². The molecule has 4 nitrogen and oxygen atoms in total. The van der Waals surface area contributed by atoms with Gasteiger partial charge in [0.25, 0.3) is 0 Å². The first kappa shape index (κ1) is 13.4. The lowest BCUT2D eigenvalue weighted by Gasteiger charge is -2.08. The Kier molecular flexibility index (Phi) is 3.13. The zero-order chi connectivity index (χ0) is 15.1. The fraction of sp³-hybridized carbons (Fsp3) is 0. The Balaban J connectivity index is 1.96. The van der Waals surface area contributed by atoms with E-state index >= 15 is 0 Å². The third-order valence-electron chi connectivity index (χ3n) is 3.51. The molecule has 0 saturated carbocycles. The van der Waals surface area contributed by atoms with Gasteiger partial charge in [0.05, 0.1) is 15.6 Å². The molecular weight excluding hydrogens is 319 g/mol. The first-order chi connectivity index (χ1) is 10.8. The molecule has 0 amide bonds. The number of hydrogen-bond acceptors (Lipinski definition) is 2. The number of hydrogen-bond donors (Lipinski definition) is 1. The summed E-state index contributed by atoms with van der Waals surface area (Å²) in [6.45, 7) is 0. The summed E-state index contributed by atoms with van der Waals surface area (Å²) in [7, 11) is 0. The molecule has 0 unspecified atom stereocenters. The van der Waals surface area contributed by atoms with E-state index in [-0.39, 0.29) is 0 Å². The lowest BCUT2D eigenvalue weighted by atomic mass is 10.2. The van der Waals surface area contributed by atoms with Crippen LogP contribution in [0, 0.1) is 0 Å². The number of imidazole rings is 1. The summed E-state index contributed by atoms with van der Waals surface area (Å²) in [6.07, 6.45) is 3.57. The summed E-state index contributed by atoms with van der Waals surface area (Å²) in [6, 6.07) is 13.4. The van der Waals surface area contributed by atoms with Crippen LogP contribution in [-0.2, 0) is 0 Å². The first-order valence-electron chi connectivity index (χ1n) is 6.67. The van der Waals surface area contributed by atoms with Crippen LogP contribution in [-0.4, -0.2) is 19.7 Å². The number of halogens is 2. The van der Waals surface area contributed by atoms with Gasteiger partial charge in [-0.25, -0.2) is 4.98 Å². The maximum Gasteiger partial charge on any atom is 0.168 e. The minimum Gasteiger partial charge on any atom is -0.282 e. The van der Waals surface area contributed by atoms with Crippen molar-refractivity contribution in [3.8, 4) is 17.2 Å². The van der Waals surface area contributed by atoms with Gasteiger partial charge in [0.15, 0.2) is 5.82 Å². The van der Waals surface area contributed by atoms with E-state index in [1.165, 1.54) is 0 Å². The average molecular weight is 329 g/mol. The molecule has 0 atom stereocenters. The van der Waals surface area contributed by atoms with Gasteiger partial charge in [0.2, 0.25) is 0 Å². The van der Waals surface area contributed by atoms with Crippen LogP contribution in [0.3, 0.4) is 0 Å². The number of nitrogens with zero attached hydrogens (tertiary/aromatic N) is 3. The Hall–Kier alpha value is -2.30. The third kappa shape index (κ3) is 2.00. The van der Waals surface area contributed by atoms with Crippen molar-refractivity contribution < 1.29 is 0 Å². The molecular formula is C16H10Cl2N4. The minimum atomic E-state index is 0.483. The quantitative estimate of drug-likeness (QED) is 0.578. The molecule has 22 heavy (non-hydrogen) atoms. The zero-order valence-corrected chi connectivity index (χ0v) is 12.8. The van der Waals surface area contributed by atoms with E-state index in [1.807, 2.05) is 47.2 Å². The number of fused-ring (bicyclic) bond motifs is 1. The highest BCUT2D eigenvalue weighted by molar-refractivity contribution is 6.43. The summed E-state index contributed by atoms with van der Waals surface area (Å²) in [5, 5.41) is 9.42. The summed E-state index contributed by atoms with van der Waals surface area (Å²) in [5.41, 5.74) is 1.74. The molecule has 0 saturated heterocycles. The van der Waals surface area contributed by atoms with Gasteiger partial charge >= 0.3 is 0 Å². The van der Waals surface area contributed by atoms with Gasteiger partial charge in [0.1, 0.15) is 5.82 Å². The summed E-state index contributed by atoms with van der Waals surface area (Å²) < 4.78 is 1.90. The molecule has 0 radical (unpaired) electrons. The highest BCUT2D eigenvalue weighted by Crippen LogP contribution is 2.34. The monoisotopic (exact) mass is 328 g/mol. The van der Waals surface area contributed by atoms with Crippen LogP contribution in [0.25, 0.3) is 28.1 Å². The molecule has 2 heterocycles. The van der Waals surface area contributed by atoms with Gasteiger partial charge < -0.3 is 0 Å². The van der Waals surface area contributed by atoms with E-state index in [2.05, 4.69) is 15.2 Å². The average Bonchev–Trinajstić information content (AvgIpc) is 3.16. The van der Waals surface area contributed by atoms with Crippen LogP contribution in [0.1, 0.15) is 0 Å². The number of para-hydroxylation sites is 1. The van der Waals surface area contributed by atoms with Gasteiger partial charge in [-0.1, -0.05) is 41.4 Å². The second kappa shape index (κ2) is 5.16. The Morgan fingerprint density at radius 2 is 1.86 bits per heavy atom. The van der Waals surface area contributed by atoms with E-state index in [4.69, 9.17) is 23.2 Å². The lowest BCUT2D eigenvalue weighted by molar-refractivity contribution is 0.973. The first-order valence-corrected chi connectivity index (χ1v) is 7.42. The Morgan fingerprint density at radius 1 is 1.00 bits per heavy atom. The molecule has 0 aliphatic carbocycles. The molecule has 0 aliphatic rings. The molecule has 1 N–H and O–H groups in total. The van der Waals surface area contributed by atoms with Crippen molar-refractivity contribution in [1.82, 2.24) is 19.7 Å². The lowest BCUT2D eigenvalue weighted by Crippen LogP contribution is -1.98. The summed E-state index contributed by atoms with van der Waals surface area (Å²) >= 11 is 12.4. The Labute approximate surface area is 136 Å².